The molecule has 9 heteroatoms. The SMILES string of the molecule is CN=C(NCCc1c(C)cc(C)cc1C)N1CCN(S(=O)(=O)Cc2ccon2)CC1. The third kappa shape index (κ3) is 5.40. The molecule has 0 aliphatic carbocycles. The number of hydrogen-bond donors (Lipinski definition) is 1. The molecule has 1 aliphatic rings. The first-order valence-corrected chi connectivity index (χ1v) is 11.8. The molecule has 0 atom stereocenters. The van der Waals surface area contributed by atoms with Crippen molar-refractivity contribution in [3.8, 4) is 0 Å². The molecule has 1 N–H and O–H groups in total. The lowest BCUT2D eigenvalue weighted by atomic mass is 9.97. The average molecular weight is 434 g/mol. The van der Waals surface area contributed by atoms with Crippen LogP contribution < -0.4 is 5.32 Å². The maximum absolute atomic E-state index is 12.6. The van der Waals surface area contributed by atoms with Crippen molar-refractivity contribution in [1.82, 2.24) is 19.7 Å². The minimum atomic E-state index is -3.40. The van der Waals surface area contributed by atoms with Gasteiger partial charge in [0.1, 0.15) is 12.0 Å². The average Bonchev–Trinajstić information content (AvgIpc) is 3.19. The van der Waals surface area contributed by atoms with Crippen molar-refractivity contribution in [2.45, 2.75) is 32.9 Å². The summed E-state index contributed by atoms with van der Waals surface area (Å²) < 4.78 is 31.4. The summed E-state index contributed by atoms with van der Waals surface area (Å²) in [6.07, 6.45) is 2.31. The van der Waals surface area contributed by atoms with Crippen molar-refractivity contribution in [2.24, 2.45) is 4.99 Å². The van der Waals surface area contributed by atoms with Gasteiger partial charge in [-0.3, -0.25) is 4.99 Å². The first-order valence-electron chi connectivity index (χ1n) is 10.2. The molecule has 0 amide bonds. The van der Waals surface area contributed by atoms with E-state index in [1.165, 1.54) is 32.8 Å². The highest BCUT2D eigenvalue weighted by Crippen LogP contribution is 2.17. The van der Waals surface area contributed by atoms with Crippen LogP contribution in [0.3, 0.4) is 0 Å². The van der Waals surface area contributed by atoms with Crippen molar-refractivity contribution < 1.29 is 12.9 Å². The number of sulfonamides is 1. The number of aryl methyl sites for hydroxylation is 3. The molecule has 0 bridgehead atoms. The van der Waals surface area contributed by atoms with E-state index >= 15 is 0 Å². The molecule has 0 saturated carbocycles. The maximum Gasteiger partial charge on any atom is 0.220 e. The number of rotatable bonds is 6. The van der Waals surface area contributed by atoms with Gasteiger partial charge in [0.2, 0.25) is 10.0 Å². The fraction of sp³-hybridized carbons (Fsp3) is 0.524. The van der Waals surface area contributed by atoms with Gasteiger partial charge in [0.15, 0.2) is 5.96 Å². The van der Waals surface area contributed by atoms with Crippen LogP contribution in [0.5, 0.6) is 0 Å². The van der Waals surface area contributed by atoms with Crippen LogP contribution in [0.4, 0.5) is 0 Å². The summed E-state index contributed by atoms with van der Waals surface area (Å²) in [6, 6.07) is 6.02. The van der Waals surface area contributed by atoms with E-state index in [0.717, 1.165) is 18.9 Å². The molecule has 1 saturated heterocycles. The van der Waals surface area contributed by atoms with Crippen LogP contribution in [0.1, 0.15) is 27.9 Å². The fourth-order valence-electron chi connectivity index (χ4n) is 4.00. The largest absolute Gasteiger partial charge is 0.364 e. The lowest BCUT2D eigenvalue weighted by molar-refractivity contribution is 0.260. The number of benzene rings is 1. The molecule has 1 aromatic heterocycles. The third-order valence-electron chi connectivity index (χ3n) is 5.46. The standard InChI is InChI=1S/C21H31N5O3S/c1-16-13-17(2)20(18(3)14-16)5-7-23-21(22-4)25-8-10-26(11-9-25)30(27,28)15-19-6-12-29-24-19/h6,12-14H,5,7-11,15H2,1-4H3,(H,22,23). The van der Waals surface area contributed by atoms with Crippen LogP contribution in [0.2, 0.25) is 0 Å². The quantitative estimate of drug-likeness (QED) is 0.552. The van der Waals surface area contributed by atoms with Gasteiger partial charge < -0.3 is 14.7 Å². The molecular weight excluding hydrogens is 402 g/mol. The zero-order chi connectivity index (χ0) is 21.7. The van der Waals surface area contributed by atoms with Crippen molar-refractivity contribution >= 4 is 16.0 Å². The molecule has 1 fully saturated rings. The van der Waals surface area contributed by atoms with Crippen molar-refractivity contribution in [3.63, 3.8) is 0 Å². The van der Waals surface area contributed by atoms with E-state index in [9.17, 15) is 8.42 Å². The molecule has 1 aliphatic heterocycles. The van der Waals surface area contributed by atoms with Crippen LogP contribution in [0.15, 0.2) is 34.0 Å². The summed E-state index contributed by atoms with van der Waals surface area (Å²) in [5.74, 6) is 0.678. The fourth-order valence-corrected chi connectivity index (χ4v) is 5.43. The number of aliphatic imine (C=N–C) groups is 1. The van der Waals surface area contributed by atoms with Gasteiger partial charge in [-0.05, 0) is 43.9 Å². The minimum Gasteiger partial charge on any atom is -0.364 e. The number of aromatic nitrogens is 1. The van der Waals surface area contributed by atoms with Crippen LogP contribution in [0, 0.1) is 20.8 Å². The van der Waals surface area contributed by atoms with Crippen molar-refractivity contribution in [3.05, 3.63) is 52.4 Å². The Hall–Kier alpha value is -2.39. The smallest absolute Gasteiger partial charge is 0.220 e. The van der Waals surface area contributed by atoms with E-state index < -0.39 is 10.0 Å². The van der Waals surface area contributed by atoms with Gasteiger partial charge in [0.25, 0.3) is 0 Å². The molecule has 2 heterocycles. The molecule has 2 aromatic rings. The van der Waals surface area contributed by atoms with Crippen LogP contribution in [-0.4, -0.2) is 68.5 Å². The first-order chi connectivity index (χ1) is 14.3. The second kappa shape index (κ2) is 9.61. The van der Waals surface area contributed by atoms with Crippen molar-refractivity contribution in [1.29, 1.82) is 0 Å². The Balaban J connectivity index is 1.52. The number of nitrogens with one attached hydrogen (secondary N) is 1. The predicted octanol–water partition coefficient (Wildman–Crippen LogP) is 1.87. The van der Waals surface area contributed by atoms with Crippen LogP contribution >= 0.6 is 0 Å². The van der Waals surface area contributed by atoms with E-state index in [1.807, 2.05) is 0 Å². The predicted molar refractivity (Wildman–Crippen MR) is 118 cm³/mol. The number of guanidine groups is 1. The Labute approximate surface area is 179 Å². The highest BCUT2D eigenvalue weighted by atomic mass is 32.2. The van der Waals surface area contributed by atoms with E-state index in [0.29, 0.717) is 31.9 Å². The Kier molecular flexibility index (Phi) is 7.14. The summed E-state index contributed by atoms with van der Waals surface area (Å²) in [4.78, 5) is 6.50. The molecule has 30 heavy (non-hydrogen) atoms. The first kappa shape index (κ1) is 22.3. The third-order valence-corrected chi connectivity index (χ3v) is 7.28. The normalized spacial score (nSPS) is 16.1. The molecule has 0 spiro atoms. The minimum absolute atomic E-state index is 0.133. The van der Waals surface area contributed by atoms with Gasteiger partial charge >= 0.3 is 0 Å². The van der Waals surface area contributed by atoms with Crippen LogP contribution in [-0.2, 0) is 22.2 Å². The molecular formula is C21H31N5O3S. The molecule has 8 nitrogen and oxygen atoms in total. The maximum atomic E-state index is 12.6. The molecule has 0 radical (unpaired) electrons. The van der Waals surface area contributed by atoms with E-state index in [2.05, 4.69) is 53.3 Å². The number of nitrogens with zero attached hydrogens (tertiary/aromatic N) is 4. The molecule has 1 aromatic carbocycles. The van der Waals surface area contributed by atoms with Gasteiger partial charge in [-0.2, -0.15) is 4.31 Å². The van der Waals surface area contributed by atoms with Gasteiger partial charge in [-0.25, -0.2) is 8.42 Å². The Morgan fingerprint density at radius 3 is 2.40 bits per heavy atom. The summed E-state index contributed by atoms with van der Waals surface area (Å²) >= 11 is 0. The van der Waals surface area contributed by atoms with Gasteiger partial charge in [-0.1, -0.05) is 22.9 Å². The second-order valence-electron chi connectivity index (χ2n) is 7.73. The zero-order valence-electron chi connectivity index (χ0n) is 18.2. The Bertz CT molecular complexity index is 955. The Morgan fingerprint density at radius 2 is 1.83 bits per heavy atom. The molecule has 164 valence electrons. The Morgan fingerprint density at radius 1 is 1.17 bits per heavy atom. The lowest BCUT2D eigenvalue weighted by Crippen LogP contribution is -2.54. The van der Waals surface area contributed by atoms with Crippen molar-refractivity contribution in [2.75, 3.05) is 39.8 Å². The monoisotopic (exact) mass is 433 g/mol. The van der Waals surface area contributed by atoms with E-state index in [1.54, 1.807) is 13.1 Å². The van der Waals surface area contributed by atoms with E-state index in [4.69, 9.17) is 4.52 Å². The highest BCUT2D eigenvalue weighted by molar-refractivity contribution is 7.88. The van der Waals surface area contributed by atoms with Crippen LogP contribution in [0.25, 0.3) is 0 Å². The van der Waals surface area contributed by atoms with Gasteiger partial charge in [0.05, 0.1) is 5.69 Å². The molecule has 3 rings (SSSR count). The summed E-state index contributed by atoms with van der Waals surface area (Å²) in [7, 11) is -1.64. The molecule has 0 unspecified atom stereocenters. The van der Waals surface area contributed by atoms with Gasteiger partial charge in [-0.15, -0.1) is 0 Å². The number of piperazine rings is 1. The summed E-state index contributed by atoms with van der Waals surface area (Å²) in [6.45, 7) is 9.26. The second-order valence-corrected chi connectivity index (χ2v) is 9.70. The van der Waals surface area contributed by atoms with Gasteiger partial charge in [0, 0.05) is 45.8 Å². The zero-order valence-corrected chi connectivity index (χ0v) is 19.0. The summed E-state index contributed by atoms with van der Waals surface area (Å²) in [5, 5.41) is 7.14. The topological polar surface area (TPSA) is 91.0 Å². The number of hydrogen-bond acceptors (Lipinski definition) is 5. The summed E-state index contributed by atoms with van der Waals surface area (Å²) in [5.41, 5.74) is 5.71. The van der Waals surface area contributed by atoms with E-state index in [-0.39, 0.29) is 5.75 Å². The highest BCUT2D eigenvalue weighted by Gasteiger charge is 2.28. The lowest BCUT2D eigenvalue weighted by Gasteiger charge is -2.35.